The smallest absolute Gasteiger partial charge is 0.0618 e. The van der Waals surface area contributed by atoms with Gasteiger partial charge in [-0.25, -0.2) is 0 Å². The highest BCUT2D eigenvalue weighted by atomic mass is 15.0. The van der Waals surface area contributed by atoms with Gasteiger partial charge in [-0.2, -0.15) is 0 Å². The van der Waals surface area contributed by atoms with Crippen molar-refractivity contribution in [2.24, 2.45) is 0 Å². The molecule has 0 aliphatic carbocycles. The quantitative estimate of drug-likeness (QED) is 0.626. The molecule has 1 aromatic heterocycles. The van der Waals surface area contributed by atoms with Crippen molar-refractivity contribution < 1.29 is 0 Å². The molecule has 4 rings (SSSR count). The summed E-state index contributed by atoms with van der Waals surface area (Å²) in [6.07, 6.45) is 1.03. The Kier molecular flexibility index (Phi) is 3.21. The van der Waals surface area contributed by atoms with E-state index in [1.54, 1.807) is 0 Å². The monoisotopic (exact) mass is 286 g/mol. The van der Waals surface area contributed by atoms with E-state index in [4.69, 9.17) is 0 Å². The molecule has 0 unspecified atom stereocenters. The molecule has 0 spiro atoms. The van der Waals surface area contributed by atoms with Crippen molar-refractivity contribution in [3.8, 4) is 12.0 Å². The molecule has 2 aromatic carbocycles. The topological polar surface area (TPSA) is 17.0 Å². The van der Waals surface area contributed by atoms with E-state index in [0.29, 0.717) is 0 Å². The lowest BCUT2D eigenvalue weighted by atomic mass is 10.0. The van der Waals surface area contributed by atoms with E-state index in [0.717, 1.165) is 25.1 Å². The fourth-order valence-electron chi connectivity index (χ4n) is 3.17. The third-order valence-corrected chi connectivity index (χ3v) is 4.26. The molecule has 0 saturated heterocycles. The number of hydrogen-bond donors (Lipinski definition) is 1. The van der Waals surface area contributed by atoms with Crippen LogP contribution in [-0.4, -0.2) is 11.1 Å². The molecule has 0 radical (unpaired) electrons. The van der Waals surface area contributed by atoms with Crippen molar-refractivity contribution in [2.75, 3.05) is 6.54 Å². The highest BCUT2D eigenvalue weighted by Crippen LogP contribution is 2.28. The van der Waals surface area contributed by atoms with E-state index in [9.17, 15) is 0 Å². The normalized spacial score (nSPS) is 13.5. The summed E-state index contributed by atoms with van der Waals surface area (Å²) in [5.74, 6) is 3.30. The Morgan fingerprint density at radius 2 is 1.95 bits per heavy atom. The third-order valence-electron chi connectivity index (χ3n) is 4.26. The fourth-order valence-corrected chi connectivity index (χ4v) is 3.17. The van der Waals surface area contributed by atoms with Crippen LogP contribution in [0.2, 0.25) is 0 Å². The Morgan fingerprint density at radius 1 is 1.09 bits per heavy atom. The Labute approximate surface area is 130 Å². The Morgan fingerprint density at radius 3 is 2.82 bits per heavy atom. The highest BCUT2D eigenvalue weighted by molar-refractivity contribution is 5.87. The first-order valence-electron chi connectivity index (χ1n) is 7.73. The van der Waals surface area contributed by atoms with Crippen LogP contribution in [0.3, 0.4) is 0 Å². The summed E-state index contributed by atoms with van der Waals surface area (Å²) in [7, 11) is 0. The van der Waals surface area contributed by atoms with Crippen LogP contribution < -0.4 is 5.32 Å². The SMILES string of the molecule is Cc1ccc2c(c1)c1c(n2C#Cc2ccccc2)CCNC1. The van der Waals surface area contributed by atoms with Gasteiger partial charge in [-0.3, -0.25) is 4.57 Å². The molecule has 1 N–H and O–H groups in total. The minimum atomic E-state index is 0.940. The highest BCUT2D eigenvalue weighted by Gasteiger charge is 2.18. The Balaban J connectivity index is 1.92. The maximum Gasteiger partial charge on any atom is 0.0618 e. The molecule has 2 nitrogen and oxygen atoms in total. The summed E-state index contributed by atoms with van der Waals surface area (Å²) < 4.78 is 2.19. The van der Waals surface area contributed by atoms with Gasteiger partial charge in [0, 0.05) is 42.2 Å². The lowest BCUT2D eigenvalue weighted by molar-refractivity contribution is 0.633. The van der Waals surface area contributed by atoms with Crippen LogP contribution in [0.5, 0.6) is 0 Å². The zero-order valence-corrected chi connectivity index (χ0v) is 12.7. The standard InChI is InChI=1S/C20H18N2/c1-15-7-8-19-17(13-15)18-14-21-11-9-20(18)22(19)12-10-16-5-3-2-4-6-16/h2-8,13,21H,9,11,14H2,1H3. The van der Waals surface area contributed by atoms with Crippen molar-refractivity contribution in [2.45, 2.75) is 19.9 Å². The van der Waals surface area contributed by atoms with Gasteiger partial charge in [-0.1, -0.05) is 29.8 Å². The van der Waals surface area contributed by atoms with Gasteiger partial charge in [0.15, 0.2) is 0 Å². The molecule has 1 aliphatic heterocycles. The minimum absolute atomic E-state index is 0.940. The number of benzene rings is 2. The maximum absolute atomic E-state index is 3.48. The molecular formula is C20H18N2. The summed E-state index contributed by atoms with van der Waals surface area (Å²) in [5, 5.41) is 4.82. The van der Waals surface area contributed by atoms with Crippen molar-refractivity contribution in [1.29, 1.82) is 0 Å². The molecule has 0 fully saturated rings. The number of fused-ring (bicyclic) bond motifs is 3. The summed E-state index contributed by atoms with van der Waals surface area (Å²) in [4.78, 5) is 0. The van der Waals surface area contributed by atoms with E-state index in [-0.39, 0.29) is 0 Å². The Bertz CT molecular complexity index is 892. The summed E-state index contributed by atoms with van der Waals surface area (Å²) >= 11 is 0. The predicted molar refractivity (Wildman–Crippen MR) is 90.8 cm³/mol. The Hall–Kier alpha value is -2.50. The molecular weight excluding hydrogens is 268 g/mol. The largest absolute Gasteiger partial charge is 0.312 e. The predicted octanol–water partition coefficient (Wildman–Crippen LogP) is 3.45. The second-order valence-electron chi connectivity index (χ2n) is 5.81. The van der Waals surface area contributed by atoms with E-state index in [2.05, 4.69) is 59.1 Å². The van der Waals surface area contributed by atoms with E-state index in [1.165, 1.54) is 27.7 Å². The number of hydrogen-bond acceptors (Lipinski definition) is 1. The number of nitrogens with one attached hydrogen (secondary N) is 1. The van der Waals surface area contributed by atoms with Gasteiger partial charge >= 0.3 is 0 Å². The van der Waals surface area contributed by atoms with Crippen molar-refractivity contribution >= 4 is 10.9 Å². The molecule has 1 aliphatic rings. The second kappa shape index (κ2) is 5.36. The van der Waals surface area contributed by atoms with E-state index < -0.39 is 0 Å². The average molecular weight is 286 g/mol. The molecule has 2 heteroatoms. The van der Waals surface area contributed by atoms with Gasteiger partial charge in [-0.05, 0) is 42.7 Å². The number of aromatic nitrogens is 1. The zero-order valence-electron chi connectivity index (χ0n) is 12.7. The van der Waals surface area contributed by atoms with Crippen LogP contribution in [0.1, 0.15) is 22.4 Å². The van der Waals surface area contributed by atoms with Gasteiger partial charge in [-0.15, -0.1) is 0 Å². The molecule has 3 aromatic rings. The molecule has 22 heavy (non-hydrogen) atoms. The van der Waals surface area contributed by atoms with Crippen molar-refractivity contribution in [3.63, 3.8) is 0 Å². The van der Waals surface area contributed by atoms with Gasteiger partial charge in [0.25, 0.3) is 0 Å². The molecule has 0 amide bonds. The maximum atomic E-state index is 3.48. The zero-order chi connectivity index (χ0) is 14.9. The summed E-state index contributed by atoms with van der Waals surface area (Å²) in [6, 6.07) is 20.2. The van der Waals surface area contributed by atoms with Crippen molar-refractivity contribution in [1.82, 2.24) is 9.88 Å². The van der Waals surface area contributed by atoms with Crippen LogP contribution in [0, 0.1) is 18.9 Å². The van der Waals surface area contributed by atoms with Gasteiger partial charge in [0.1, 0.15) is 0 Å². The number of nitrogens with zero attached hydrogens (tertiary/aromatic N) is 1. The molecule has 108 valence electrons. The van der Waals surface area contributed by atoms with Crippen LogP contribution in [0.4, 0.5) is 0 Å². The first kappa shape index (κ1) is 13.2. The van der Waals surface area contributed by atoms with Gasteiger partial charge < -0.3 is 5.32 Å². The van der Waals surface area contributed by atoms with Crippen molar-refractivity contribution in [3.05, 3.63) is 70.9 Å². The number of rotatable bonds is 0. The molecule has 0 bridgehead atoms. The van der Waals surface area contributed by atoms with E-state index in [1.807, 2.05) is 18.2 Å². The first-order chi connectivity index (χ1) is 10.8. The third kappa shape index (κ3) is 2.20. The van der Waals surface area contributed by atoms with Gasteiger partial charge in [0.2, 0.25) is 0 Å². The fraction of sp³-hybridized carbons (Fsp3) is 0.200. The molecule has 0 atom stereocenters. The lowest BCUT2D eigenvalue weighted by Crippen LogP contribution is -2.24. The van der Waals surface area contributed by atoms with Crippen LogP contribution in [0.25, 0.3) is 10.9 Å². The molecule has 2 heterocycles. The average Bonchev–Trinajstić information content (AvgIpc) is 2.87. The molecule has 0 saturated carbocycles. The summed E-state index contributed by atoms with van der Waals surface area (Å²) in [6.45, 7) is 4.11. The number of aryl methyl sites for hydroxylation is 1. The van der Waals surface area contributed by atoms with Crippen LogP contribution >= 0.6 is 0 Å². The lowest BCUT2D eigenvalue weighted by Gasteiger charge is -2.14. The minimum Gasteiger partial charge on any atom is -0.312 e. The van der Waals surface area contributed by atoms with E-state index >= 15 is 0 Å². The van der Waals surface area contributed by atoms with Crippen LogP contribution in [0.15, 0.2) is 48.5 Å². The first-order valence-corrected chi connectivity index (χ1v) is 7.73. The summed E-state index contributed by atoms with van der Waals surface area (Å²) in [5.41, 5.74) is 6.35. The second-order valence-corrected chi connectivity index (χ2v) is 5.81. The van der Waals surface area contributed by atoms with Crippen LogP contribution in [-0.2, 0) is 13.0 Å². The van der Waals surface area contributed by atoms with Gasteiger partial charge in [0.05, 0.1) is 5.52 Å².